The Labute approximate surface area is 213 Å². The number of benzene rings is 3. The molecule has 1 aliphatic rings. The van der Waals surface area contributed by atoms with E-state index in [-0.39, 0.29) is 17.5 Å². The molecule has 1 aliphatic carbocycles. The zero-order valence-corrected chi connectivity index (χ0v) is 21.3. The number of nitriles is 1. The molecule has 0 heterocycles. The Bertz CT molecular complexity index is 1250. The lowest BCUT2D eigenvalue weighted by atomic mass is 10.1. The van der Waals surface area contributed by atoms with Gasteiger partial charge in [-0.15, -0.1) is 0 Å². The quantitative estimate of drug-likeness (QED) is 0.195. The van der Waals surface area contributed by atoms with Crippen LogP contribution in [0.2, 0.25) is 0 Å². The van der Waals surface area contributed by atoms with Crippen molar-refractivity contribution in [2.45, 2.75) is 45.3 Å². The van der Waals surface area contributed by atoms with Gasteiger partial charge in [-0.05, 0) is 82.5 Å². The summed E-state index contributed by atoms with van der Waals surface area (Å²) in [6, 6.07) is 20.4. The average Bonchev–Trinajstić information content (AvgIpc) is 3.35. The molecule has 0 unspecified atom stereocenters. The number of hydrogen-bond donors (Lipinski definition) is 1. The summed E-state index contributed by atoms with van der Waals surface area (Å²) in [5.41, 5.74) is 1.91. The van der Waals surface area contributed by atoms with Gasteiger partial charge >= 0.3 is 0 Å². The van der Waals surface area contributed by atoms with E-state index in [2.05, 4.69) is 52.2 Å². The Morgan fingerprint density at radius 3 is 2.68 bits per heavy atom. The highest BCUT2D eigenvalue weighted by Crippen LogP contribution is 2.36. The molecule has 1 saturated carbocycles. The summed E-state index contributed by atoms with van der Waals surface area (Å²) in [4.78, 5) is 12.6. The molecular weight excluding hydrogens is 539 g/mol. The largest absolute Gasteiger partial charge is 0.490 e. The first kappa shape index (κ1) is 24.1. The van der Waals surface area contributed by atoms with Crippen molar-refractivity contribution in [3.63, 3.8) is 0 Å². The minimum absolute atomic E-state index is 0.0922. The second-order valence-electron chi connectivity index (χ2n) is 8.31. The molecule has 34 heavy (non-hydrogen) atoms. The maximum absolute atomic E-state index is 12.6. The fourth-order valence-corrected chi connectivity index (χ4v) is 5.07. The number of carbonyl (C=O) groups excluding carboxylic acids is 1. The van der Waals surface area contributed by atoms with E-state index in [1.807, 2.05) is 43.3 Å². The Balaban J connectivity index is 1.57. The molecule has 3 aromatic rings. The summed E-state index contributed by atoms with van der Waals surface area (Å²) < 4.78 is 13.0. The number of amides is 1. The lowest BCUT2D eigenvalue weighted by molar-refractivity contribution is -0.117. The first-order valence-electron chi connectivity index (χ1n) is 11.6. The number of hydrogen-bond acceptors (Lipinski definition) is 4. The fourth-order valence-electron chi connectivity index (χ4n) is 4.29. The minimum Gasteiger partial charge on any atom is -0.490 e. The van der Waals surface area contributed by atoms with Gasteiger partial charge in [-0.3, -0.25) is 4.79 Å². The van der Waals surface area contributed by atoms with Gasteiger partial charge in [0, 0.05) is 6.04 Å². The maximum Gasteiger partial charge on any atom is 0.262 e. The van der Waals surface area contributed by atoms with E-state index in [4.69, 9.17) is 9.47 Å². The second-order valence-corrected chi connectivity index (χ2v) is 9.48. The van der Waals surface area contributed by atoms with Crippen molar-refractivity contribution in [1.29, 1.82) is 5.26 Å². The molecule has 0 spiro atoms. The van der Waals surface area contributed by atoms with Crippen molar-refractivity contribution >= 4 is 45.3 Å². The molecule has 4 rings (SSSR count). The van der Waals surface area contributed by atoms with Crippen LogP contribution in [-0.2, 0) is 11.4 Å². The van der Waals surface area contributed by atoms with Crippen LogP contribution in [0.15, 0.2) is 60.2 Å². The topological polar surface area (TPSA) is 71.3 Å². The molecule has 1 fully saturated rings. The molecule has 174 valence electrons. The monoisotopic (exact) mass is 566 g/mol. The molecule has 6 heteroatoms. The molecule has 3 aromatic carbocycles. The number of ether oxygens (including phenoxy) is 2. The van der Waals surface area contributed by atoms with E-state index in [0.717, 1.165) is 45.8 Å². The van der Waals surface area contributed by atoms with Crippen molar-refractivity contribution in [3.8, 4) is 17.6 Å². The number of halogens is 1. The molecule has 0 radical (unpaired) electrons. The Morgan fingerprint density at radius 1 is 1.15 bits per heavy atom. The van der Waals surface area contributed by atoms with Gasteiger partial charge < -0.3 is 14.8 Å². The van der Waals surface area contributed by atoms with Crippen molar-refractivity contribution in [1.82, 2.24) is 5.32 Å². The molecule has 0 bridgehead atoms. The summed E-state index contributed by atoms with van der Waals surface area (Å²) in [6.45, 7) is 2.79. The zero-order chi connectivity index (χ0) is 23.9. The SMILES string of the molecule is CCOc1cc(/C=C(/C#N)C(=O)NC2CCCC2)cc(I)c1OCc1cccc2ccccc12. The highest BCUT2D eigenvalue weighted by Gasteiger charge is 2.20. The number of rotatable bonds is 8. The highest BCUT2D eigenvalue weighted by atomic mass is 127. The van der Waals surface area contributed by atoms with Crippen molar-refractivity contribution in [2.75, 3.05) is 6.61 Å². The Hall–Kier alpha value is -3.05. The van der Waals surface area contributed by atoms with Crippen LogP contribution in [0.25, 0.3) is 16.8 Å². The van der Waals surface area contributed by atoms with E-state index in [9.17, 15) is 10.1 Å². The molecule has 5 nitrogen and oxygen atoms in total. The molecule has 0 atom stereocenters. The normalized spacial score (nSPS) is 14.1. The number of nitrogens with one attached hydrogen (secondary N) is 1. The highest BCUT2D eigenvalue weighted by molar-refractivity contribution is 14.1. The van der Waals surface area contributed by atoms with Gasteiger partial charge in [0.1, 0.15) is 18.2 Å². The van der Waals surface area contributed by atoms with Gasteiger partial charge in [0.2, 0.25) is 0 Å². The van der Waals surface area contributed by atoms with Gasteiger partial charge in [-0.1, -0.05) is 55.3 Å². The third-order valence-electron chi connectivity index (χ3n) is 5.95. The summed E-state index contributed by atoms with van der Waals surface area (Å²) in [6.07, 6.45) is 5.79. The molecule has 1 N–H and O–H groups in total. The van der Waals surface area contributed by atoms with E-state index in [0.29, 0.717) is 24.7 Å². The standard InChI is InChI=1S/C28H27IN2O3/c1-2-33-26-16-19(14-22(17-30)28(32)31-23-11-4-5-12-23)15-25(29)27(26)34-18-21-10-7-9-20-8-3-6-13-24(20)21/h3,6-10,13-16,23H,2,4-5,11-12,18H2,1H3,(H,31,32)/b22-14-. The van der Waals surface area contributed by atoms with E-state index >= 15 is 0 Å². The number of nitrogens with zero attached hydrogens (tertiary/aromatic N) is 1. The van der Waals surface area contributed by atoms with Gasteiger partial charge in [-0.2, -0.15) is 5.26 Å². The molecule has 1 amide bonds. The first-order chi connectivity index (χ1) is 16.6. The molecular formula is C28H27IN2O3. The summed E-state index contributed by atoms with van der Waals surface area (Å²) in [5, 5.41) is 14.9. The van der Waals surface area contributed by atoms with Crippen LogP contribution in [0, 0.1) is 14.9 Å². The number of carbonyl (C=O) groups is 1. The number of fused-ring (bicyclic) bond motifs is 1. The van der Waals surface area contributed by atoms with Crippen LogP contribution < -0.4 is 14.8 Å². The predicted octanol–water partition coefficient (Wildman–Crippen LogP) is 6.39. The van der Waals surface area contributed by atoms with E-state index in [1.165, 1.54) is 5.39 Å². The maximum atomic E-state index is 12.6. The Kier molecular flexibility index (Phi) is 8.07. The first-order valence-corrected chi connectivity index (χ1v) is 12.7. The lowest BCUT2D eigenvalue weighted by Crippen LogP contribution is -2.33. The van der Waals surface area contributed by atoms with Gasteiger partial charge in [0.25, 0.3) is 5.91 Å². The molecule has 0 aliphatic heterocycles. The summed E-state index contributed by atoms with van der Waals surface area (Å²) in [7, 11) is 0. The fraction of sp³-hybridized carbons (Fsp3) is 0.286. The summed E-state index contributed by atoms with van der Waals surface area (Å²) >= 11 is 2.21. The molecule has 0 aromatic heterocycles. The third kappa shape index (κ3) is 5.71. The smallest absolute Gasteiger partial charge is 0.262 e. The second kappa shape index (κ2) is 11.4. The zero-order valence-electron chi connectivity index (χ0n) is 19.1. The van der Waals surface area contributed by atoms with Crippen LogP contribution in [0.5, 0.6) is 11.5 Å². The Morgan fingerprint density at radius 2 is 1.91 bits per heavy atom. The van der Waals surface area contributed by atoms with E-state index in [1.54, 1.807) is 6.08 Å². The van der Waals surface area contributed by atoms with Crippen molar-refractivity contribution in [2.24, 2.45) is 0 Å². The summed E-state index contributed by atoms with van der Waals surface area (Å²) in [5.74, 6) is 0.925. The van der Waals surface area contributed by atoms with Crippen molar-refractivity contribution in [3.05, 3.63) is 74.9 Å². The van der Waals surface area contributed by atoms with Gasteiger partial charge in [-0.25, -0.2) is 0 Å². The van der Waals surface area contributed by atoms with Crippen molar-refractivity contribution < 1.29 is 14.3 Å². The van der Waals surface area contributed by atoms with Crippen LogP contribution in [0.3, 0.4) is 0 Å². The van der Waals surface area contributed by atoms with Crippen LogP contribution in [0.1, 0.15) is 43.7 Å². The van der Waals surface area contributed by atoms with Crippen LogP contribution in [-0.4, -0.2) is 18.6 Å². The van der Waals surface area contributed by atoms with Crippen LogP contribution >= 0.6 is 22.6 Å². The van der Waals surface area contributed by atoms with E-state index < -0.39 is 0 Å². The lowest BCUT2D eigenvalue weighted by Gasteiger charge is -2.16. The van der Waals surface area contributed by atoms with Crippen LogP contribution in [0.4, 0.5) is 0 Å². The third-order valence-corrected chi connectivity index (χ3v) is 6.75. The predicted molar refractivity (Wildman–Crippen MR) is 143 cm³/mol. The van der Waals surface area contributed by atoms with Gasteiger partial charge in [0.15, 0.2) is 11.5 Å². The average molecular weight is 566 g/mol. The van der Waals surface area contributed by atoms with Gasteiger partial charge in [0.05, 0.1) is 10.2 Å². The molecule has 0 saturated heterocycles. The minimum atomic E-state index is -0.321.